The van der Waals surface area contributed by atoms with E-state index in [1.807, 2.05) is 30.9 Å². The summed E-state index contributed by atoms with van der Waals surface area (Å²) in [6, 6.07) is 8.03. The van der Waals surface area contributed by atoms with E-state index >= 15 is 0 Å². The molecule has 2 aliphatic heterocycles. The summed E-state index contributed by atoms with van der Waals surface area (Å²) >= 11 is 0. The topological polar surface area (TPSA) is 87.5 Å². The molecule has 7 nitrogen and oxygen atoms in total. The lowest BCUT2D eigenvalue weighted by Crippen LogP contribution is -2.36. The number of likely N-dealkylation sites (tertiary alicyclic amines) is 1. The summed E-state index contributed by atoms with van der Waals surface area (Å²) < 4.78 is 5.22. The molecule has 1 unspecified atom stereocenters. The first-order chi connectivity index (χ1) is 15.0. The molecule has 2 aromatic rings. The van der Waals surface area contributed by atoms with Gasteiger partial charge in [0.15, 0.2) is 0 Å². The van der Waals surface area contributed by atoms with Gasteiger partial charge in [-0.3, -0.25) is 9.59 Å². The molecule has 0 radical (unpaired) electrons. The number of aryl methyl sites for hydroxylation is 2. The molecule has 2 fully saturated rings. The van der Waals surface area contributed by atoms with Crippen molar-refractivity contribution < 1.29 is 14.1 Å². The Kier molecular flexibility index (Phi) is 6.70. The second-order valence-electron chi connectivity index (χ2n) is 8.76. The van der Waals surface area contributed by atoms with Gasteiger partial charge >= 0.3 is 0 Å². The molecule has 4 rings (SSSR count). The van der Waals surface area contributed by atoms with Gasteiger partial charge in [0.2, 0.25) is 5.91 Å². The Morgan fingerprint density at radius 2 is 1.90 bits per heavy atom. The third-order valence-corrected chi connectivity index (χ3v) is 6.66. The molecule has 2 saturated heterocycles. The van der Waals surface area contributed by atoms with Gasteiger partial charge in [0.1, 0.15) is 5.76 Å². The van der Waals surface area contributed by atoms with Crippen LogP contribution in [0.15, 0.2) is 28.8 Å². The van der Waals surface area contributed by atoms with Gasteiger partial charge in [-0.15, -0.1) is 0 Å². The fourth-order valence-electron chi connectivity index (χ4n) is 4.60. The number of nitrogens with one attached hydrogen (secondary N) is 2. The highest BCUT2D eigenvalue weighted by molar-refractivity contribution is 5.94. The van der Waals surface area contributed by atoms with Crippen LogP contribution >= 0.6 is 0 Å². The Morgan fingerprint density at radius 3 is 2.58 bits per heavy atom. The van der Waals surface area contributed by atoms with Crippen LogP contribution in [0.25, 0.3) is 0 Å². The number of carbonyl (C=O) groups excluding carboxylic acids is 2. The standard InChI is InChI=1S/C24H32N4O3/c1-16-22(17(2)31-27-16)15-28-14-11-21(7-8-23(28)29)26-24(30)20-5-3-18(4-6-20)19-9-12-25-13-10-19/h3-6,19,21,25H,7-15H2,1-2H3,(H,26,30). The van der Waals surface area contributed by atoms with E-state index in [1.165, 1.54) is 5.56 Å². The highest BCUT2D eigenvalue weighted by Gasteiger charge is 2.25. The number of hydrogen-bond donors (Lipinski definition) is 2. The Balaban J connectivity index is 1.33. The lowest BCUT2D eigenvalue weighted by molar-refractivity contribution is -0.131. The summed E-state index contributed by atoms with van der Waals surface area (Å²) in [5.74, 6) is 1.39. The van der Waals surface area contributed by atoms with Crippen LogP contribution in [0.3, 0.4) is 0 Å². The molecule has 166 valence electrons. The zero-order chi connectivity index (χ0) is 21.8. The second kappa shape index (κ2) is 9.64. The van der Waals surface area contributed by atoms with Crippen molar-refractivity contribution in [2.24, 2.45) is 0 Å². The first kappa shape index (κ1) is 21.6. The molecular weight excluding hydrogens is 392 g/mol. The number of hydrogen-bond acceptors (Lipinski definition) is 5. The van der Waals surface area contributed by atoms with E-state index in [9.17, 15) is 9.59 Å². The van der Waals surface area contributed by atoms with Crippen molar-refractivity contribution in [3.63, 3.8) is 0 Å². The van der Waals surface area contributed by atoms with Crippen molar-refractivity contribution in [1.29, 1.82) is 0 Å². The maximum atomic E-state index is 12.8. The third kappa shape index (κ3) is 5.15. The number of aromatic nitrogens is 1. The molecule has 1 aromatic carbocycles. The summed E-state index contributed by atoms with van der Waals surface area (Å²) in [5.41, 5.74) is 3.80. The van der Waals surface area contributed by atoms with Crippen molar-refractivity contribution in [3.05, 3.63) is 52.4 Å². The van der Waals surface area contributed by atoms with Crippen LogP contribution in [0, 0.1) is 13.8 Å². The average Bonchev–Trinajstić information content (AvgIpc) is 3.00. The van der Waals surface area contributed by atoms with Crippen LogP contribution in [0.1, 0.15) is 71.0 Å². The summed E-state index contributed by atoms with van der Waals surface area (Å²) in [7, 11) is 0. The van der Waals surface area contributed by atoms with Crippen LogP contribution < -0.4 is 10.6 Å². The fourth-order valence-corrected chi connectivity index (χ4v) is 4.60. The van der Waals surface area contributed by atoms with Gasteiger partial charge in [0, 0.05) is 30.1 Å². The maximum absolute atomic E-state index is 12.8. The molecule has 2 amide bonds. The summed E-state index contributed by atoms with van der Waals surface area (Å²) in [6.07, 6.45) is 4.13. The van der Waals surface area contributed by atoms with Crippen LogP contribution in [-0.2, 0) is 11.3 Å². The number of piperidine rings is 1. The molecular formula is C24H32N4O3. The largest absolute Gasteiger partial charge is 0.361 e. The van der Waals surface area contributed by atoms with E-state index in [0.717, 1.165) is 49.4 Å². The third-order valence-electron chi connectivity index (χ3n) is 6.66. The van der Waals surface area contributed by atoms with Crippen molar-refractivity contribution in [3.8, 4) is 0 Å². The monoisotopic (exact) mass is 424 g/mol. The molecule has 0 aliphatic carbocycles. The van der Waals surface area contributed by atoms with Crippen LogP contribution in [0.2, 0.25) is 0 Å². The predicted molar refractivity (Wildman–Crippen MR) is 118 cm³/mol. The van der Waals surface area contributed by atoms with Crippen LogP contribution in [-0.4, -0.2) is 47.5 Å². The van der Waals surface area contributed by atoms with Crippen molar-refractivity contribution in [2.75, 3.05) is 19.6 Å². The normalized spacial score (nSPS) is 20.5. The molecule has 1 atom stereocenters. The minimum atomic E-state index is -0.0616. The minimum absolute atomic E-state index is 0.00443. The first-order valence-electron chi connectivity index (χ1n) is 11.3. The average molecular weight is 425 g/mol. The van der Waals surface area contributed by atoms with Gasteiger partial charge in [0.05, 0.1) is 12.2 Å². The zero-order valence-corrected chi connectivity index (χ0v) is 18.4. The summed E-state index contributed by atoms with van der Waals surface area (Å²) in [6.45, 7) is 7.01. The summed E-state index contributed by atoms with van der Waals surface area (Å²) in [5, 5.41) is 10.5. The number of nitrogens with zero attached hydrogens (tertiary/aromatic N) is 2. The summed E-state index contributed by atoms with van der Waals surface area (Å²) in [4.78, 5) is 27.2. The highest BCUT2D eigenvalue weighted by Crippen LogP contribution is 2.25. The molecule has 0 saturated carbocycles. The number of rotatable bonds is 5. The van der Waals surface area contributed by atoms with Gasteiger partial charge in [-0.25, -0.2) is 0 Å². The number of benzene rings is 1. The Bertz CT molecular complexity index is 896. The molecule has 1 aromatic heterocycles. The molecule has 0 spiro atoms. The lowest BCUT2D eigenvalue weighted by Gasteiger charge is -2.23. The Hall–Kier alpha value is -2.67. The molecule has 31 heavy (non-hydrogen) atoms. The molecule has 0 bridgehead atoms. The molecule has 3 heterocycles. The molecule has 2 N–H and O–H groups in total. The fraction of sp³-hybridized carbons (Fsp3) is 0.542. The van der Waals surface area contributed by atoms with E-state index in [-0.39, 0.29) is 17.9 Å². The van der Waals surface area contributed by atoms with E-state index in [0.29, 0.717) is 37.4 Å². The van der Waals surface area contributed by atoms with Crippen molar-refractivity contribution in [2.45, 2.75) is 64.5 Å². The van der Waals surface area contributed by atoms with Crippen LogP contribution in [0.4, 0.5) is 0 Å². The molecule has 7 heteroatoms. The Labute approximate surface area is 183 Å². The van der Waals surface area contributed by atoms with Gasteiger partial charge in [-0.05, 0) is 76.2 Å². The Morgan fingerprint density at radius 1 is 1.16 bits per heavy atom. The van der Waals surface area contributed by atoms with E-state index < -0.39 is 0 Å². The van der Waals surface area contributed by atoms with Gasteiger partial charge in [0.25, 0.3) is 5.91 Å². The first-order valence-corrected chi connectivity index (χ1v) is 11.3. The van der Waals surface area contributed by atoms with E-state index in [1.54, 1.807) is 0 Å². The predicted octanol–water partition coefficient (Wildman–Crippen LogP) is 3.07. The minimum Gasteiger partial charge on any atom is -0.361 e. The molecule has 2 aliphatic rings. The zero-order valence-electron chi connectivity index (χ0n) is 18.4. The highest BCUT2D eigenvalue weighted by atomic mass is 16.5. The van der Waals surface area contributed by atoms with Crippen molar-refractivity contribution >= 4 is 11.8 Å². The van der Waals surface area contributed by atoms with Gasteiger partial charge in [-0.1, -0.05) is 17.3 Å². The number of amides is 2. The van der Waals surface area contributed by atoms with E-state index in [2.05, 4.69) is 27.9 Å². The SMILES string of the molecule is Cc1noc(C)c1CN1CCC(NC(=O)c2ccc(C3CCNCC3)cc2)CCC1=O. The lowest BCUT2D eigenvalue weighted by atomic mass is 9.90. The second-order valence-corrected chi connectivity index (χ2v) is 8.76. The number of carbonyl (C=O) groups is 2. The smallest absolute Gasteiger partial charge is 0.251 e. The quantitative estimate of drug-likeness (QED) is 0.770. The van der Waals surface area contributed by atoms with E-state index in [4.69, 9.17) is 4.52 Å². The maximum Gasteiger partial charge on any atom is 0.251 e. The van der Waals surface area contributed by atoms with Crippen molar-refractivity contribution in [1.82, 2.24) is 20.7 Å². The van der Waals surface area contributed by atoms with Gasteiger partial charge in [-0.2, -0.15) is 0 Å². The van der Waals surface area contributed by atoms with Crippen LogP contribution in [0.5, 0.6) is 0 Å². The van der Waals surface area contributed by atoms with Gasteiger partial charge < -0.3 is 20.1 Å².